The van der Waals surface area contributed by atoms with E-state index in [1.165, 1.54) is 6.39 Å². The van der Waals surface area contributed by atoms with Crippen molar-refractivity contribution in [1.29, 1.82) is 0 Å². The second kappa shape index (κ2) is 6.57. The first kappa shape index (κ1) is 13.9. The number of rotatable bonds is 4. The van der Waals surface area contributed by atoms with E-state index in [1.807, 2.05) is 36.4 Å². The first-order chi connectivity index (χ1) is 10.3. The van der Waals surface area contributed by atoms with Crippen LogP contribution in [0.2, 0.25) is 0 Å². The number of azo groups is 1. The molecule has 0 aliphatic rings. The molecule has 0 bridgehead atoms. The molecule has 0 N–H and O–H groups in total. The third-order valence-electron chi connectivity index (χ3n) is 2.84. The molecule has 0 amide bonds. The summed E-state index contributed by atoms with van der Waals surface area (Å²) in [7, 11) is 0. The minimum atomic E-state index is 0.546. The summed E-state index contributed by atoms with van der Waals surface area (Å²) in [5.74, 6) is 0.774. The Hall–Kier alpha value is -2.09. The van der Waals surface area contributed by atoms with Crippen molar-refractivity contribution in [2.45, 2.75) is 6.54 Å². The molecule has 0 aliphatic carbocycles. The highest BCUT2D eigenvalue weighted by Gasteiger charge is 2.07. The molecule has 0 saturated carbocycles. The van der Waals surface area contributed by atoms with Crippen LogP contribution in [0.3, 0.4) is 0 Å². The van der Waals surface area contributed by atoms with Gasteiger partial charge in [0.05, 0.1) is 12.2 Å². The Morgan fingerprint density at radius 1 is 1.05 bits per heavy atom. The largest absolute Gasteiger partial charge is 0.442 e. The van der Waals surface area contributed by atoms with E-state index in [1.54, 1.807) is 12.4 Å². The van der Waals surface area contributed by atoms with E-state index in [0.717, 1.165) is 26.3 Å². The molecule has 21 heavy (non-hydrogen) atoms. The van der Waals surface area contributed by atoms with Crippen molar-refractivity contribution in [3.8, 4) is 11.3 Å². The highest BCUT2D eigenvalue weighted by molar-refractivity contribution is 14.1. The van der Waals surface area contributed by atoms with Crippen LogP contribution >= 0.6 is 22.6 Å². The van der Waals surface area contributed by atoms with Gasteiger partial charge in [-0.1, -0.05) is 0 Å². The van der Waals surface area contributed by atoms with E-state index in [0.29, 0.717) is 6.54 Å². The molecule has 0 spiro atoms. The topological polar surface area (TPSA) is 63.6 Å². The SMILES string of the molecule is Ic1ncoc1-c1ccc(N=NCc2ccncc2)cc1. The van der Waals surface area contributed by atoms with E-state index < -0.39 is 0 Å². The van der Waals surface area contributed by atoms with Crippen LogP contribution in [-0.2, 0) is 6.54 Å². The normalized spacial score (nSPS) is 11.1. The molecule has 0 aliphatic heterocycles. The zero-order valence-electron chi connectivity index (χ0n) is 11.0. The molecule has 0 atom stereocenters. The number of benzene rings is 1. The van der Waals surface area contributed by atoms with Gasteiger partial charge in [0.25, 0.3) is 0 Å². The molecular weight excluding hydrogens is 379 g/mol. The van der Waals surface area contributed by atoms with Crippen LogP contribution in [0.4, 0.5) is 5.69 Å². The fraction of sp³-hybridized carbons (Fsp3) is 0.0667. The Balaban J connectivity index is 1.69. The highest BCUT2D eigenvalue weighted by atomic mass is 127. The van der Waals surface area contributed by atoms with Crippen LogP contribution in [0.1, 0.15) is 5.56 Å². The van der Waals surface area contributed by atoms with Gasteiger partial charge in [-0.3, -0.25) is 4.98 Å². The fourth-order valence-corrected chi connectivity index (χ4v) is 2.34. The maximum atomic E-state index is 5.35. The number of pyridine rings is 1. The molecule has 6 heteroatoms. The Kier molecular flexibility index (Phi) is 4.34. The summed E-state index contributed by atoms with van der Waals surface area (Å²) in [4.78, 5) is 8.04. The second-order valence-electron chi connectivity index (χ2n) is 4.27. The van der Waals surface area contributed by atoms with Crippen LogP contribution in [0.25, 0.3) is 11.3 Å². The predicted octanol–water partition coefficient (Wildman–Crippen LogP) is 4.63. The van der Waals surface area contributed by atoms with Gasteiger partial charge in [-0.15, -0.1) is 0 Å². The van der Waals surface area contributed by atoms with Crippen LogP contribution in [0.5, 0.6) is 0 Å². The molecule has 1 aromatic carbocycles. The zero-order chi connectivity index (χ0) is 14.5. The molecular formula is C15H11IN4O. The van der Waals surface area contributed by atoms with Gasteiger partial charge >= 0.3 is 0 Å². The lowest BCUT2D eigenvalue weighted by atomic mass is 10.2. The first-order valence-corrected chi connectivity index (χ1v) is 7.36. The Morgan fingerprint density at radius 3 is 2.48 bits per heavy atom. The average Bonchev–Trinajstić information content (AvgIpc) is 2.95. The molecule has 0 saturated heterocycles. The molecule has 3 rings (SSSR count). The summed E-state index contributed by atoms with van der Waals surface area (Å²) in [6.07, 6.45) is 4.94. The minimum Gasteiger partial charge on any atom is -0.442 e. The summed E-state index contributed by atoms with van der Waals surface area (Å²) < 4.78 is 6.20. The maximum absolute atomic E-state index is 5.35. The van der Waals surface area contributed by atoms with Crippen molar-refractivity contribution in [2.75, 3.05) is 0 Å². The molecule has 2 aromatic heterocycles. The molecule has 3 aromatic rings. The number of nitrogens with zero attached hydrogens (tertiary/aromatic N) is 4. The van der Waals surface area contributed by atoms with Crippen LogP contribution in [0.15, 0.2) is 69.8 Å². The van der Waals surface area contributed by atoms with E-state index >= 15 is 0 Å². The lowest BCUT2D eigenvalue weighted by Gasteiger charge is -1.98. The molecule has 0 radical (unpaired) electrons. The monoisotopic (exact) mass is 390 g/mol. The molecule has 2 heterocycles. The number of oxazole rings is 1. The van der Waals surface area contributed by atoms with Crippen LogP contribution in [-0.4, -0.2) is 9.97 Å². The molecule has 104 valence electrons. The summed E-state index contributed by atoms with van der Waals surface area (Å²) in [6, 6.07) is 11.6. The van der Waals surface area contributed by atoms with Gasteiger partial charge < -0.3 is 4.42 Å². The fourth-order valence-electron chi connectivity index (χ4n) is 1.79. The summed E-state index contributed by atoms with van der Waals surface area (Å²) >= 11 is 2.14. The van der Waals surface area contributed by atoms with Crippen molar-refractivity contribution in [2.24, 2.45) is 10.2 Å². The van der Waals surface area contributed by atoms with Crippen molar-refractivity contribution >= 4 is 28.3 Å². The van der Waals surface area contributed by atoms with Gasteiger partial charge in [-0.05, 0) is 64.6 Å². The van der Waals surface area contributed by atoms with Crippen LogP contribution in [0, 0.1) is 3.70 Å². The number of halogens is 1. The summed E-state index contributed by atoms with van der Waals surface area (Å²) in [5.41, 5.74) is 2.87. The molecule has 0 fully saturated rings. The highest BCUT2D eigenvalue weighted by Crippen LogP contribution is 2.26. The molecule has 5 nitrogen and oxygen atoms in total. The average molecular weight is 390 g/mol. The Morgan fingerprint density at radius 2 is 1.81 bits per heavy atom. The number of aromatic nitrogens is 2. The number of hydrogen-bond donors (Lipinski definition) is 0. The Labute approximate surface area is 135 Å². The lowest BCUT2D eigenvalue weighted by Crippen LogP contribution is -1.80. The third kappa shape index (κ3) is 3.52. The van der Waals surface area contributed by atoms with Crippen molar-refractivity contribution in [3.05, 3.63) is 64.4 Å². The van der Waals surface area contributed by atoms with Crippen molar-refractivity contribution in [3.63, 3.8) is 0 Å². The van der Waals surface area contributed by atoms with Gasteiger partial charge in [0.15, 0.2) is 12.2 Å². The van der Waals surface area contributed by atoms with E-state index in [-0.39, 0.29) is 0 Å². The minimum absolute atomic E-state index is 0.546. The van der Waals surface area contributed by atoms with Gasteiger partial charge in [0.2, 0.25) is 0 Å². The van der Waals surface area contributed by atoms with Gasteiger partial charge in [0, 0.05) is 18.0 Å². The quantitative estimate of drug-likeness (QED) is 0.482. The van der Waals surface area contributed by atoms with Crippen molar-refractivity contribution < 1.29 is 4.42 Å². The number of hydrogen-bond acceptors (Lipinski definition) is 5. The standard InChI is InChI=1S/C15H11IN4O/c16-15-14(21-10-18-15)12-1-3-13(4-2-12)20-19-9-11-5-7-17-8-6-11/h1-8,10H,9H2. The molecule has 0 unspecified atom stereocenters. The lowest BCUT2D eigenvalue weighted by molar-refractivity contribution is 0.571. The Bertz CT molecular complexity index is 738. The van der Waals surface area contributed by atoms with Gasteiger partial charge in [0.1, 0.15) is 3.70 Å². The first-order valence-electron chi connectivity index (χ1n) is 6.29. The second-order valence-corrected chi connectivity index (χ2v) is 5.30. The smallest absolute Gasteiger partial charge is 0.182 e. The van der Waals surface area contributed by atoms with Gasteiger partial charge in [-0.2, -0.15) is 10.2 Å². The van der Waals surface area contributed by atoms with E-state index in [9.17, 15) is 0 Å². The summed E-state index contributed by atoms with van der Waals surface area (Å²) in [6.45, 7) is 0.546. The maximum Gasteiger partial charge on any atom is 0.182 e. The van der Waals surface area contributed by atoms with E-state index in [2.05, 4.69) is 42.8 Å². The van der Waals surface area contributed by atoms with Crippen LogP contribution < -0.4 is 0 Å². The van der Waals surface area contributed by atoms with Gasteiger partial charge in [-0.25, -0.2) is 4.98 Å². The third-order valence-corrected chi connectivity index (χ3v) is 3.61. The summed E-state index contributed by atoms with van der Waals surface area (Å²) in [5, 5.41) is 8.38. The zero-order valence-corrected chi connectivity index (χ0v) is 13.1. The predicted molar refractivity (Wildman–Crippen MR) is 87.1 cm³/mol. The van der Waals surface area contributed by atoms with Crippen molar-refractivity contribution in [1.82, 2.24) is 9.97 Å². The van der Waals surface area contributed by atoms with E-state index in [4.69, 9.17) is 4.42 Å².